The zero-order chi connectivity index (χ0) is 24.4. The van der Waals surface area contributed by atoms with Crippen LogP contribution in [0.4, 0.5) is 5.69 Å². The van der Waals surface area contributed by atoms with Crippen LogP contribution in [0.5, 0.6) is 11.5 Å². The summed E-state index contributed by atoms with van der Waals surface area (Å²) in [6.07, 6.45) is 9.01. The summed E-state index contributed by atoms with van der Waals surface area (Å²) in [7, 11) is 0. The van der Waals surface area contributed by atoms with E-state index in [1.54, 1.807) is 0 Å². The number of benzene rings is 2. The molecule has 5 rings (SSSR count). The Labute approximate surface area is 212 Å². The zero-order valence-corrected chi connectivity index (χ0v) is 20.9. The predicted octanol–water partition coefficient (Wildman–Crippen LogP) is 5.54. The number of ether oxygens (including phenoxy) is 1. The molecule has 1 amide bonds. The predicted molar refractivity (Wildman–Crippen MR) is 142 cm³/mol. The molecule has 3 aliphatic rings. The number of halogens is 1. The summed E-state index contributed by atoms with van der Waals surface area (Å²) in [4.78, 5) is 15.2. The Morgan fingerprint density at radius 3 is 2.63 bits per heavy atom. The molecule has 0 aromatic heterocycles. The Kier molecular flexibility index (Phi) is 7.12. The van der Waals surface area contributed by atoms with Gasteiger partial charge in [-0.1, -0.05) is 23.7 Å². The number of fused-ring (bicyclic) bond motifs is 1. The highest BCUT2D eigenvalue weighted by atomic mass is 35.5. The largest absolute Gasteiger partial charge is 0.455 e. The van der Waals surface area contributed by atoms with Crippen LogP contribution in [0.1, 0.15) is 50.2 Å². The summed E-state index contributed by atoms with van der Waals surface area (Å²) in [6, 6.07) is 12.0. The van der Waals surface area contributed by atoms with Crippen molar-refractivity contribution in [2.24, 2.45) is 5.92 Å². The van der Waals surface area contributed by atoms with Crippen molar-refractivity contribution in [2.75, 3.05) is 18.0 Å². The summed E-state index contributed by atoms with van der Waals surface area (Å²) in [6.45, 7) is 4.11. The number of para-hydroxylation sites is 1. The van der Waals surface area contributed by atoms with Crippen molar-refractivity contribution in [1.82, 2.24) is 10.6 Å². The van der Waals surface area contributed by atoms with E-state index in [4.69, 9.17) is 21.7 Å². The number of hydrogen-bond donors (Lipinski definition) is 3. The normalized spacial score (nSPS) is 20.8. The molecule has 2 heterocycles. The van der Waals surface area contributed by atoms with Crippen molar-refractivity contribution in [2.45, 2.75) is 57.5 Å². The molecule has 0 spiro atoms. The van der Waals surface area contributed by atoms with Gasteiger partial charge in [0.25, 0.3) is 0 Å². The quantitative estimate of drug-likeness (QED) is 0.443. The number of allylic oxidation sites excluding steroid dienone is 1. The Morgan fingerprint density at radius 2 is 1.91 bits per heavy atom. The second-order valence-electron chi connectivity index (χ2n) is 9.78. The molecule has 1 saturated heterocycles. The van der Waals surface area contributed by atoms with Crippen LogP contribution in [0.25, 0.3) is 5.57 Å². The monoisotopic (exact) mass is 492 g/mol. The van der Waals surface area contributed by atoms with E-state index in [0.29, 0.717) is 22.6 Å². The van der Waals surface area contributed by atoms with Gasteiger partial charge in [0.05, 0.1) is 10.7 Å². The summed E-state index contributed by atoms with van der Waals surface area (Å²) in [5.74, 6) is 1.60. The van der Waals surface area contributed by atoms with Crippen LogP contribution in [0.15, 0.2) is 42.6 Å². The number of hydrogen-bond acceptors (Lipinski definition) is 5. The van der Waals surface area contributed by atoms with Crippen molar-refractivity contribution in [3.8, 4) is 11.5 Å². The molecule has 184 valence electrons. The Morgan fingerprint density at radius 1 is 1.14 bits per heavy atom. The number of anilines is 1. The van der Waals surface area contributed by atoms with E-state index < -0.39 is 0 Å². The van der Waals surface area contributed by atoms with E-state index in [1.165, 1.54) is 6.21 Å². The van der Waals surface area contributed by atoms with Crippen LogP contribution in [0, 0.1) is 11.3 Å². The van der Waals surface area contributed by atoms with Gasteiger partial charge >= 0.3 is 0 Å². The summed E-state index contributed by atoms with van der Waals surface area (Å²) >= 11 is 6.47. The number of carbonyl (C=O) groups excluding carboxylic acids is 1. The second-order valence-corrected chi connectivity index (χ2v) is 10.2. The fourth-order valence-corrected chi connectivity index (χ4v) is 5.22. The molecular weight excluding hydrogens is 460 g/mol. The first-order valence-electron chi connectivity index (χ1n) is 12.7. The van der Waals surface area contributed by atoms with Crippen LogP contribution >= 0.6 is 11.6 Å². The highest BCUT2D eigenvalue weighted by Crippen LogP contribution is 2.45. The van der Waals surface area contributed by atoms with Gasteiger partial charge in [-0.15, -0.1) is 0 Å². The lowest BCUT2D eigenvalue weighted by atomic mass is 9.91. The second kappa shape index (κ2) is 10.4. The van der Waals surface area contributed by atoms with E-state index >= 15 is 0 Å². The van der Waals surface area contributed by atoms with Gasteiger partial charge < -0.3 is 25.7 Å². The summed E-state index contributed by atoms with van der Waals surface area (Å²) < 4.78 is 6.50. The first-order chi connectivity index (χ1) is 17.1. The van der Waals surface area contributed by atoms with Crippen LogP contribution < -0.4 is 20.3 Å². The van der Waals surface area contributed by atoms with Crippen molar-refractivity contribution in [1.29, 1.82) is 5.41 Å². The van der Waals surface area contributed by atoms with E-state index in [0.717, 1.165) is 74.0 Å². The molecule has 2 fully saturated rings. The number of amides is 1. The molecule has 1 unspecified atom stereocenters. The summed E-state index contributed by atoms with van der Waals surface area (Å²) in [5.41, 5.74) is 3.49. The van der Waals surface area contributed by atoms with Gasteiger partial charge in [-0.3, -0.25) is 4.79 Å². The molecule has 0 radical (unpaired) electrons. The molecule has 2 aromatic carbocycles. The maximum absolute atomic E-state index is 13.2. The molecule has 6 nitrogen and oxygen atoms in total. The lowest BCUT2D eigenvalue weighted by Crippen LogP contribution is -2.43. The van der Waals surface area contributed by atoms with Gasteiger partial charge in [-0.05, 0) is 82.8 Å². The Hall–Kier alpha value is -2.83. The summed E-state index contributed by atoms with van der Waals surface area (Å²) in [5, 5.41) is 15.6. The zero-order valence-electron chi connectivity index (χ0n) is 20.1. The van der Waals surface area contributed by atoms with E-state index in [1.807, 2.05) is 47.5 Å². The fraction of sp³-hybridized carbons (Fsp3) is 0.429. The first-order valence-corrected chi connectivity index (χ1v) is 13.0. The van der Waals surface area contributed by atoms with Crippen molar-refractivity contribution >= 4 is 35.0 Å². The minimum atomic E-state index is 0.141. The topological polar surface area (TPSA) is 77.5 Å². The van der Waals surface area contributed by atoms with Crippen molar-refractivity contribution in [3.05, 3.63) is 58.7 Å². The maximum atomic E-state index is 13.2. The molecule has 0 bridgehead atoms. The van der Waals surface area contributed by atoms with Gasteiger partial charge in [0, 0.05) is 47.1 Å². The standard InChI is InChI=1S/C28H33ClN4O2/c1-18-6-9-23-25(33(18)28(34)19-7-8-19)11-10-22(27(23)35-26-5-3-2-4-24(26)29)20(16-30)17-32-21-12-14-31-15-13-21/h2-5,10-11,16-19,21,30-32H,6-9,12-15H2,1H3/b20-17+,30-16?. The van der Waals surface area contributed by atoms with Crippen LogP contribution in [-0.2, 0) is 11.2 Å². The fourth-order valence-electron chi connectivity index (χ4n) is 5.04. The minimum absolute atomic E-state index is 0.141. The first kappa shape index (κ1) is 23.9. The smallest absolute Gasteiger partial charge is 0.230 e. The minimum Gasteiger partial charge on any atom is -0.455 e. The Balaban J connectivity index is 1.57. The van der Waals surface area contributed by atoms with Crippen LogP contribution in [0.3, 0.4) is 0 Å². The van der Waals surface area contributed by atoms with Gasteiger partial charge in [-0.25, -0.2) is 0 Å². The maximum Gasteiger partial charge on any atom is 0.230 e. The number of nitrogens with zero attached hydrogens (tertiary/aromatic N) is 1. The van der Waals surface area contributed by atoms with Gasteiger partial charge in [0.15, 0.2) is 0 Å². The number of carbonyl (C=O) groups is 1. The Bertz CT molecular complexity index is 1140. The molecule has 2 aromatic rings. The lowest BCUT2D eigenvalue weighted by Gasteiger charge is -2.37. The molecular formula is C28H33ClN4O2. The average Bonchev–Trinajstić information content (AvgIpc) is 3.72. The third-order valence-electron chi connectivity index (χ3n) is 7.24. The number of piperidine rings is 1. The van der Waals surface area contributed by atoms with Crippen LogP contribution in [0.2, 0.25) is 5.02 Å². The van der Waals surface area contributed by atoms with E-state index in [2.05, 4.69) is 17.6 Å². The molecule has 7 heteroatoms. The number of rotatable bonds is 7. The third kappa shape index (κ3) is 5.09. The van der Waals surface area contributed by atoms with Gasteiger partial charge in [0.2, 0.25) is 5.91 Å². The van der Waals surface area contributed by atoms with Gasteiger partial charge in [0.1, 0.15) is 11.5 Å². The van der Waals surface area contributed by atoms with Crippen LogP contribution in [-0.4, -0.2) is 37.3 Å². The molecule has 1 aliphatic carbocycles. The van der Waals surface area contributed by atoms with E-state index in [-0.39, 0.29) is 17.9 Å². The highest BCUT2D eigenvalue weighted by molar-refractivity contribution is 6.32. The average molecular weight is 493 g/mol. The third-order valence-corrected chi connectivity index (χ3v) is 7.55. The van der Waals surface area contributed by atoms with Gasteiger partial charge in [-0.2, -0.15) is 0 Å². The number of nitrogens with one attached hydrogen (secondary N) is 3. The molecule has 2 aliphatic heterocycles. The SMILES string of the molecule is CC1CCc2c(ccc(/C(C=N)=C/NC3CCNCC3)c2Oc2ccccc2Cl)N1C(=O)C1CC1. The lowest BCUT2D eigenvalue weighted by molar-refractivity contribution is -0.120. The molecule has 35 heavy (non-hydrogen) atoms. The molecule has 1 saturated carbocycles. The van der Waals surface area contributed by atoms with E-state index in [9.17, 15) is 4.79 Å². The molecule has 1 atom stereocenters. The highest BCUT2D eigenvalue weighted by Gasteiger charge is 2.39. The van der Waals surface area contributed by atoms with Crippen molar-refractivity contribution < 1.29 is 9.53 Å². The van der Waals surface area contributed by atoms with Crippen molar-refractivity contribution in [3.63, 3.8) is 0 Å². The molecule has 3 N–H and O–H groups in total.